The van der Waals surface area contributed by atoms with E-state index < -0.39 is 0 Å². The Labute approximate surface area is 243 Å². The maximum atomic E-state index is 5.31. The summed E-state index contributed by atoms with van der Waals surface area (Å²) in [6.45, 7) is 0. The third-order valence-corrected chi connectivity index (χ3v) is 8.64. The lowest BCUT2D eigenvalue weighted by Crippen LogP contribution is -1.97. The minimum absolute atomic E-state index is 0.743. The first-order valence-corrected chi connectivity index (χ1v) is 14.4. The van der Waals surface area contributed by atoms with Crippen LogP contribution >= 0.6 is 0 Å². The Morgan fingerprint density at radius 3 is 1.67 bits per heavy atom. The molecule has 1 aromatic heterocycles. The van der Waals surface area contributed by atoms with E-state index in [2.05, 4.69) is 140 Å². The summed E-state index contributed by atoms with van der Waals surface area (Å²) in [6, 6.07) is 52.0. The first kappa shape index (κ1) is 23.1. The molecule has 1 aliphatic carbocycles. The van der Waals surface area contributed by atoms with Crippen LogP contribution in [0.5, 0.6) is 0 Å². The van der Waals surface area contributed by atoms with Crippen LogP contribution < -0.4 is 0 Å². The van der Waals surface area contributed by atoms with Crippen molar-refractivity contribution in [3.8, 4) is 56.0 Å². The summed E-state index contributed by atoms with van der Waals surface area (Å²) in [6.07, 6.45) is 0. The van der Waals surface area contributed by atoms with Gasteiger partial charge in [0.25, 0.3) is 0 Å². The molecule has 0 amide bonds. The van der Waals surface area contributed by atoms with Gasteiger partial charge in [-0.1, -0.05) is 133 Å². The molecule has 1 aliphatic rings. The fourth-order valence-electron chi connectivity index (χ4n) is 6.76. The van der Waals surface area contributed by atoms with Crippen molar-refractivity contribution in [3.63, 3.8) is 0 Å². The van der Waals surface area contributed by atoms with E-state index in [1.165, 1.54) is 44.2 Å². The molecule has 0 bridgehead atoms. The number of fused-ring (bicyclic) bond motifs is 8. The van der Waals surface area contributed by atoms with E-state index in [-0.39, 0.29) is 0 Å². The molecule has 2 nitrogen and oxygen atoms in total. The zero-order valence-electron chi connectivity index (χ0n) is 22.8. The summed E-state index contributed by atoms with van der Waals surface area (Å²) in [4.78, 5) is 10.6. The fourth-order valence-corrected chi connectivity index (χ4v) is 6.76. The van der Waals surface area contributed by atoms with Crippen molar-refractivity contribution in [1.29, 1.82) is 0 Å². The Morgan fingerprint density at radius 1 is 0.333 bits per heavy atom. The van der Waals surface area contributed by atoms with Gasteiger partial charge in [-0.3, -0.25) is 0 Å². The van der Waals surface area contributed by atoms with E-state index in [1.54, 1.807) is 0 Å². The van der Waals surface area contributed by atoms with Gasteiger partial charge in [0.2, 0.25) is 0 Å². The van der Waals surface area contributed by atoms with E-state index in [0.717, 1.165) is 44.3 Å². The van der Waals surface area contributed by atoms with Crippen LogP contribution in [0.4, 0.5) is 0 Å². The maximum Gasteiger partial charge on any atom is 0.161 e. The van der Waals surface area contributed by atoms with Crippen LogP contribution in [0.25, 0.3) is 88.5 Å². The van der Waals surface area contributed by atoms with Gasteiger partial charge in [0, 0.05) is 21.9 Å². The Hall–Kier alpha value is -5.60. The molecular weight excluding hydrogens is 508 g/mol. The average molecular weight is 533 g/mol. The molecule has 0 saturated heterocycles. The summed E-state index contributed by atoms with van der Waals surface area (Å²) in [7, 11) is 0. The molecule has 0 radical (unpaired) electrons. The van der Waals surface area contributed by atoms with Gasteiger partial charge in [0.15, 0.2) is 5.82 Å². The number of hydrogen-bond donors (Lipinski definition) is 0. The van der Waals surface area contributed by atoms with Gasteiger partial charge < -0.3 is 0 Å². The predicted octanol–water partition coefficient (Wildman–Crippen LogP) is 10.6. The van der Waals surface area contributed by atoms with Crippen molar-refractivity contribution < 1.29 is 0 Å². The van der Waals surface area contributed by atoms with Crippen molar-refractivity contribution in [3.05, 3.63) is 146 Å². The van der Waals surface area contributed by atoms with Gasteiger partial charge >= 0.3 is 0 Å². The molecule has 7 aromatic carbocycles. The molecule has 0 unspecified atom stereocenters. The number of hydrogen-bond acceptors (Lipinski definition) is 2. The van der Waals surface area contributed by atoms with Crippen LogP contribution in [0, 0.1) is 0 Å². The minimum Gasteiger partial charge on any atom is -0.227 e. The number of rotatable bonds is 2. The molecule has 42 heavy (non-hydrogen) atoms. The van der Waals surface area contributed by atoms with Crippen LogP contribution in [0.15, 0.2) is 146 Å². The van der Waals surface area contributed by atoms with E-state index in [4.69, 9.17) is 9.97 Å². The van der Waals surface area contributed by atoms with Crippen LogP contribution in [0.3, 0.4) is 0 Å². The van der Waals surface area contributed by atoms with Gasteiger partial charge in [-0.15, -0.1) is 0 Å². The largest absolute Gasteiger partial charge is 0.227 e. The number of aromatic nitrogens is 2. The second-order valence-corrected chi connectivity index (χ2v) is 10.9. The van der Waals surface area contributed by atoms with Crippen molar-refractivity contribution >= 4 is 32.4 Å². The number of benzene rings is 7. The highest BCUT2D eigenvalue weighted by Crippen LogP contribution is 2.49. The molecule has 2 heteroatoms. The van der Waals surface area contributed by atoms with Crippen molar-refractivity contribution in [2.24, 2.45) is 0 Å². The molecule has 194 valence electrons. The van der Waals surface area contributed by atoms with E-state index in [0.29, 0.717) is 0 Å². The van der Waals surface area contributed by atoms with Crippen LogP contribution in [0.1, 0.15) is 0 Å². The fraction of sp³-hybridized carbons (Fsp3) is 0. The van der Waals surface area contributed by atoms with Gasteiger partial charge in [-0.05, 0) is 61.7 Å². The lowest BCUT2D eigenvalue weighted by Gasteiger charge is -2.16. The minimum atomic E-state index is 0.743. The van der Waals surface area contributed by atoms with Crippen molar-refractivity contribution in [1.82, 2.24) is 9.97 Å². The predicted molar refractivity (Wildman–Crippen MR) is 175 cm³/mol. The Kier molecular flexibility index (Phi) is 4.93. The molecular formula is C40H24N2. The standard InChI is InChI=1S/C40H24N2/c1-2-12-26(13-3-1)38-36-22-21-25-11-4-5-14-27(25)39(36)42-40(41-38)35-24-23-34-31-18-9-7-16-29(31)28-15-6-8-17-30(28)32-19-10-20-33(35)37(32)34/h1-24H. The SMILES string of the molecule is c1ccc(-c2nc(-c3ccc4c5c(cccc35)-c3ccccc3-c3ccccc3-4)nc3c2ccc2ccccc23)cc1. The van der Waals surface area contributed by atoms with Crippen LogP contribution in [0.2, 0.25) is 0 Å². The van der Waals surface area contributed by atoms with Gasteiger partial charge in [0.1, 0.15) is 0 Å². The molecule has 0 spiro atoms. The molecule has 8 aromatic rings. The first-order chi connectivity index (χ1) is 20.8. The number of nitrogens with zero attached hydrogens (tertiary/aromatic N) is 2. The summed E-state index contributed by atoms with van der Waals surface area (Å²) in [5.41, 5.74) is 11.6. The molecule has 9 rings (SSSR count). The molecule has 0 saturated carbocycles. The normalized spacial score (nSPS) is 11.8. The van der Waals surface area contributed by atoms with E-state index in [1.807, 2.05) is 6.07 Å². The summed E-state index contributed by atoms with van der Waals surface area (Å²) < 4.78 is 0. The van der Waals surface area contributed by atoms with E-state index >= 15 is 0 Å². The van der Waals surface area contributed by atoms with E-state index in [9.17, 15) is 0 Å². The Balaban J connectivity index is 1.41. The maximum absolute atomic E-state index is 5.31. The van der Waals surface area contributed by atoms with Gasteiger partial charge in [0.05, 0.1) is 11.2 Å². The zero-order valence-corrected chi connectivity index (χ0v) is 22.8. The molecule has 0 atom stereocenters. The third kappa shape index (κ3) is 3.33. The highest BCUT2D eigenvalue weighted by Gasteiger charge is 2.23. The quantitative estimate of drug-likeness (QED) is 0.207. The van der Waals surface area contributed by atoms with Crippen molar-refractivity contribution in [2.45, 2.75) is 0 Å². The highest BCUT2D eigenvalue weighted by molar-refractivity contribution is 6.17. The van der Waals surface area contributed by atoms with Crippen molar-refractivity contribution in [2.75, 3.05) is 0 Å². The molecule has 0 N–H and O–H groups in total. The van der Waals surface area contributed by atoms with Crippen LogP contribution in [-0.4, -0.2) is 9.97 Å². The Morgan fingerprint density at radius 2 is 0.905 bits per heavy atom. The molecule has 0 aliphatic heterocycles. The highest BCUT2D eigenvalue weighted by atomic mass is 14.9. The topological polar surface area (TPSA) is 25.8 Å². The summed E-state index contributed by atoms with van der Waals surface area (Å²) in [5, 5.41) is 5.78. The average Bonchev–Trinajstić information content (AvgIpc) is 3.19. The van der Waals surface area contributed by atoms with Gasteiger partial charge in [-0.2, -0.15) is 0 Å². The molecule has 1 heterocycles. The second-order valence-electron chi connectivity index (χ2n) is 10.9. The van der Waals surface area contributed by atoms with Crippen LogP contribution in [-0.2, 0) is 0 Å². The second kappa shape index (κ2) is 8.95. The first-order valence-electron chi connectivity index (χ1n) is 14.4. The third-order valence-electron chi connectivity index (χ3n) is 8.64. The zero-order chi connectivity index (χ0) is 27.6. The lowest BCUT2D eigenvalue weighted by molar-refractivity contribution is 1.24. The Bertz CT molecular complexity index is 2300. The van der Waals surface area contributed by atoms with Gasteiger partial charge in [-0.25, -0.2) is 9.97 Å². The summed E-state index contributed by atoms with van der Waals surface area (Å²) >= 11 is 0. The lowest BCUT2D eigenvalue weighted by atomic mass is 9.91. The summed E-state index contributed by atoms with van der Waals surface area (Å²) in [5.74, 6) is 0.743. The monoisotopic (exact) mass is 532 g/mol. The smallest absolute Gasteiger partial charge is 0.161 e. The molecule has 0 fully saturated rings.